The third kappa shape index (κ3) is 4.85. The molecule has 3 aromatic heterocycles. The first-order valence-electron chi connectivity index (χ1n) is 12.8. The van der Waals surface area contributed by atoms with Gasteiger partial charge in [-0.05, 0) is 41.8 Å². The zero-order valence-electron chi connectivity index (χ0n) is 21.7. The first kappa shape index (κ1) is 24.3. The lowest BCUT2D eigenvalue weighted by Crippen LogP contribution is -2.30. The van der Waals surface area contributed by atoms with E-state index in [9.17, 15) is 0 Å². The zero-order valence-corrected chi connectivity index (χ0v) is 21.7. The monoisotopic (exact) mass is 492 g/mol. The number of benzene rings is 2. The van der Waals surface area contributed by atoms with Gasteiger partial charge in [0.25, 0.3) is 0 Å². The maximum atomic E-state index is 6.04. The Bertz CT molecular complexity index is 1590. The molecule has 0 aliphatic carbocycles. The summed E-state index contributed by atoms with van der Waals surface area (Å²) in [5.41, 5.74) is 7.07. The van der Waals surface area contributed by atoms with Crippen LogP contribution in [0.15, 0.2) is 87.5 Å². The van der Waals surface area contributed by atoms with E-state index in [4.69, 9.17) is 9.40 Å². The Hall–Kier alpha value is -4.39. The van der Waals surface area contributed by atoms with Crippen LogP contribution < -0.4 is 10.6 Å². The fraction of sp³-hybridized carbons (Fsp3) is 0.233. The maximum absolute atomic E-state index is 6.04. The molecule has 0 atom stereocenters. The van der Waals surface area contributed by atoms with Crippen molar-refractivity contribution in [3.63, 3.8) is 0 Å². The van der Waals surface area contributed by atoms with Gasteiger partial charge in [-0.15, -0.1) is 0 Å². The van der Waals surface area contributed by atoms with Crippen LogP contribution in [-0.4, -0.2) is 48.2 Å². The molecule has 0 amide bonds. The van der Waals surface area contributed by atoms with E-state index in [1.165, 1.54) is 0 Å². The van der Waals surface area contributed by atoms with Crippen molar-refractivity contribution in [3.05, 3.63) is 84.4 Å². The van der Waals surface area contributed by atoms with Gasteiger partial charge in [0.1, 0.15) is 17.1 Å². The summed E-state index contributed by atoms with van der Waals surface area (Å²) < 4.78 is 8.09. The lowest BCUT2D eigenvalue weighted by molar-refractivity contribution is 0.601. The lowest BCUT2D eigenvalue weighted by atomic mass is 10.0. The third-order valence-electron chi connectivity index (χ3n) is 6.36. The van der Waals surface area contributed by atoms with Crippen molar-refractivity contribution in [2.75, 3.05) is 27.2 Å². The summed E-state index contributed by atoms with van der Waals surface area (Å²) in [6.45, 7) is 5.84. The summed E-state index contributed by atoms with van der Waals surface area (Å²) in [5, 5.41) is 7.50. The Labute approximate surface area is 217 Å². The number of nitrogens with one attached hydrogen (secondary N) is 2. The number of nitrogens with zero attached hydrogens (tertiary/aromatic N) is 4. The SMILES string of the molecule is CC.CN=C(NC)c1cc2ccc(-c3ccc(-c4cn5ccc(C6=NCCCN6)cc5n4)cc3)cc2o1. The van der Waals surface area contributed by atoms with Gasteiger partial charge in [-0.1, -0.05) is 50.2 Å². The third-order valence-corrected chi connectivity index (χ3v) is 6.36. The van der Waals surface area contributed by atoms with E-state index in [0.29, 0.717) is 0 Å². The van der Waals surface area contributed by atoms with Gasteiger partial charge in [-0.2, -0.15) is 0 Å². The highest BCUT2D eigenvalue weighted by Gasteiger charge is 2.12. The van der Waals surface area contributed by atoms with Gasteiger partial charge in [0.15, 0.2) is 11.6 Å². The highest BCUT2D eigenvalue weighted by atomic mass is 16.3. The van der Waals surface area contributed by atoms with Crippen molar-refractivity contribution >= 4 is 28.3 Å². The van der Waals surface area contributed by atoms with E-state index in [2.05, 4.69) is 85.8 Å². The largest absolute Gasteiger partial charge is 0.453 e. The van der Waals surface area contributed by atoms with Crippen LogP contribution in [0.1, 0.15) is 31.6 Å². The Morgan fingerprint density at radius 2 is 1.76 bits per heavy atom. The zero-order chi connectivity index (χ0) is 25.8. The number of hydrogen-bond acceptors (Lipinski definition) is 5. The number of furan rings is 1. The predicted molar refractivity (Wildman–Crippen MR) is 153 cm³/mol. The van der Waals surface area contributed by atoms with Gasteiger partial charge < -0.3 is 19.5 Å². The Morgan fingerprint density at radius 1 is 0.973 bits per heavy atom. The normalized spacial score (nSPS) is 13.6. The molecule has 188 valence electrons. The lowest BCUT2D eigenvalue weighted by Gasteiger charge is -2.14. The molecule has 0 unspecified atom stereocenters. The van der Waals surface area contributed by atoms with Gasteiger partial charge in [0.2, 0.25) is 0 Å². The molecular weight excluding hydrogens is 460 g/mol. The summed E-state index contributed by atoms with van der Waals surface area (Å²) in [5.74, 6) is 2.42. The second kappa shape index (κ2) is 10.7. The van der Waals surface area contributed by atoms with Crippen molar-refractivity contribution in [1.82, 2.24) is 20.0 Å². The molecule has 4 heterocycles. The number of imidazole rings is 1. The molecule has 1 aliphatic heterocycles. The number of hydrogen-bond donors (Lipinski definition) is 2. The molecule has 1 aliphatic rings. The van der Waals surface area contributed by atoms with Gasteiger partial charge in [0.05, 0.1) is 5.69 Å². The summed E-state index contributed by atoms with van der Waals surface area (Å²) in [7, 11) is 3.59. The summed E-state index contributed by atoms with van der Waals surface area (Å²) in [6.07, 6.45) is 5.19. The summed E-state index contributed by atoms with van der Waals surface area (Å²) in [4.78, 5) is 13.7. The van der Waals surface area contributed by atoms with Crippen molar-refractivity contribution in [2.45, 2.75) is 20.3 Å². The topological polar surface area (TPSA) is 79.2 Å². The van der Waals surface area contributed by atoms with Crippen LogP contribution in [-0.2, 0) is 0 Å². The van der Waals surface area contributed by atoms with Crippen LogP contribution in [0.25, 0.3) is 39.0 Å². The van der Waals surface area contributed by atoms with E-state index < -0.39 is 0 Å². The summed E-state index contributed by atoms with van der Waals surface area (Å²) >= 11 is 0. The van der Waals surface area contributed by atoms with Crippen LogP contribution in [0, 0.1) is 0 Å². The fourth-order valence-electron chi connectivity index (χ4n) is 4.50. The molecule has 37 heavy (non-hydrogen) atoms. The van der Waals surface area contributed by atoms with Crippen molar-refractivity contribution in [1.29, 1.82) is 0 Å². The highest BCUT2D eigenvalue weighted by Crippen LogP contribution is 2.29. The van der Waals surface area contributed by atoms with Gasteiger partial charge >= 0.3 is 0 Å². The van der Waals surface area contributed by atoms with E-state index in [-0.39, 0.29) is 0 Å². The molecule has 2 aromatic carbocycles. The second-order valence-corrected chi connectivity index (χ2v) is 8.58. The smallest absolute Gasteiger partial charge is 0.170 e. The van der Waals surface area contributed by atoms with E-state index in [1.807, 2.05) is 33.2 Å². The minimum atomic E-state index is 0.731. The first-order chi connectivity index (χ1) is 18.2. The minimum absolute atomic E-state index is 0.731. The molecule has 7 nitrogen and oxygen atoms in total. The molecule has 0 bridgehead atoms. The molecule has 7 heteroatoms. The molecule has 0 saturated heterocycles. The predicted octanol–water partition coefficient (Wildman–Crippen LogP) is 5.78. The number of pyridine rings is 1. The van der Waals surface area contributed by atoms with Crippen LogP contribution in [0.4, 0.5) is 0 Å². The average Bonchev–Trinajstić information content (AvgIpc) is 3.59. The standard InChI is InChI=1S/C28H26N6O.C2H6/c1-29-28(30-2)25-15-21-9-8-20(14-24(21)35-25)18-4-6-19(7-5-18)23-17-34-13-10-22(16-26(34)33-23)27-31-11-3-12-32-27;1-2/h4-10,13-17H,3,11-12H2,1-2H3,(H,29,30)(H,31,32);1-2H3. The average molecular weight is 493 g/mol. The van der Waals surface area contributed by atoms with Crippen molar-refractivity contribution < 1.29 is 4.42 Å². The van der Waals surface area contributed by atoms with Crippen molar-refractivity contribution in [2.24, 2.45) is 9.98 Å². The molecule has 0 fully saturated rings. The number of fused-ring (bicyclic) bond motifs is 2. The van der Waals surface area contributed by atoms with E-state index in [1.54, 1.807) is 7.05 Å². The van der Waals surface area contributed by atoms with E-state index in [0.717, 1.165) is 81.5 Å². The van der Waals surface area contributed by atoms with Crippen molar-refractivity contribution in [3.8, 4) is 22.4 Å². The number of aromatic nitrogens is 2. The Balaban J connectivity index is 0.00000137. The minimum Gasteiger partial charge on any atom is -0.453 e. The van der Waals surface area contributed by atoms with Crippen LogP contribution in [0.5, 0.6) is 0 Å². The van der Waals surface area contributed by atoms with Gasteiger partial charge in [-0.3, -0.25) is 9.98 Å². The molecule has 5 aromatic rings. The molecule has 0 radical (unpaired) electrons. The van der Waals surface area contributed by atoms with Gasteiger partial charge in [-0.25, -0.2) is 4.98 Å². The van der Waals surface area contributed by atoms with Gasteiger partial charge in [0, 0.05) is 56.1 Å². The number of amidine groups is 2. The maximum Gasteiger partial charge on any atom is 0.170 e. The number of rotatable bonds is 4. The Morgan fingerprint density at radius 3 is 2.49 bits per heavy atom. The molecule has 2 N–H and O–H groups in total. The second-order valence-electron chi connectivity index (χ2n) is 8.58. The molecular formula is C30H32N6O. The van der Waals surface area contributed by atoms with Crippen LogP contribution >= 0.6 is 0 Å². The quantitative estimate of drug-likeness (QED) is 0.246. The summed E-state index contributed by atoms with van der Waals surface area (Å²) in [6, 6.07) is 20.9. The molecule has 0 saturated carbocycles. The molecule has 6 rings (SSSR count). The fourth-order valence-corrected chi connectivity index (χ4v) is 4.50. The highest BCUT2D eigenvalue weighted by molar-refractivity contribution is 6.00. The van der Waals surface area contributed by atoms with E-state index >= 15 is 0 Å². The Kier molecular flexibility index (Phi) is 7.03. The first-order valence-corrected chi connectivity index (χ1v) is 12.8. The number of aliphatic imine (C=N–C) groups is 2. The molecule has 0 spiro atoms. The van der Waals surface area contributed by atoms with Crippen LogP contribution in [0.3, 0.4) is 0 Å². The van der Waals surface area contributed by atoms with Crippen LogP contribution in [0.2, 0.25) is 0 Å².